The zero-order valence-corrected chi connectivity index (χ0v) is 15.6. The van der Waals surface area contributed by atoms with Crippen LogP contribution in [0.15, 0.2) is 24.3 Å². The van der Waals surface area contributed by atoms with Gasteiger partial charge in [-0.3, -0.25) is 4.79 Å². The van der Waals surface area contributed by atoms with E-state index in [4.69, 9.17) is 14.7 Å². The molecule has 6 nitrogen and oxygen atoms in total. The van der Waals surface area contributed by atoms with Crippen molar-refractivity contribution in [3.63, 3.8) is 0 Å². The van der Waals surface area contributed by atoms with Crippen LogP contribution in [0.2, 0.25) is 0 Å². The number of hydrogen-bond donors (Lipinski definition) is 0. The minimum atomic E-state index is -0.846. The van der Waals surface area contributed by atoms with Gasteiger partial charge in [0.1, 0.15) is 5.75 Å². The Hall–Kier alpha value is -2.55. The number of benzene rings is 1. The molecule has 1 aliphatic heterocycles. The fourth-order valence-corrected chi connectivity index (χ4v) is 3.13. The third-order valence-electron chi connectivity index (χ3n) is 4.65. The van der Waals surface area contributed by atoms with Crippen molar-refractivity contribution >= 4 is 11.9 Å². The van der Waals surface area contributed by atoms with Crippen molar-refractivity contribution in [1.29, 1.82) is 5.26 Å². The molecule has 3 atom stereocenters. The van der Waals surface area contributed by atoms with Crippen LogP contribution < -0.4 is 4.74 Å². The second kappa shape index (κ2) is 9.23. The number of likely N-dealkylation sites (tertiary alicyclic amines) is 1. The second-order valence-corrected chi connectivity index (χ2v) is 6.56. The number of esters is 1. The number of ether oxygens (including phenoxy) is 2. The topological polar surface area (TPSA) is 79.6 Å². The first-order valence-electron chi connectivity index (χ1n) is 9.14. The van der Waals surface area contributed by atoms with Gasteiger partial charge in [-0.05, 0) is 63.8 Å². The maximum absolute atomic E-state index is 12.6. The Kier molecular flexibility index (Phi) is 7.02. The largest absolute Gasteiger partial charge is 0.479 e. The average molecular weight is 358 g/mol. The number of carbonyl (C=O) groups is 2. The van der Waals surface area contributed by atoms with Crippen LogP contribution in [0.1, 0.15) is 52.0 Å². The van der Waals surface area contributed by atoms with E-state index in [0.29, 0.717) is 11.3 Å². The highest BCUT2D eigenvalue weighted by molar-refractivity contribution is 5.84. The van der Waals surface area contributed by atoms with Crippen molar-refractivity contribution < 1.29 is 19.1 Å². The average Bonchev–Trinajstić information content (AvgIpc) is 2.67. The smallest absolute Gasteiger partial charge is 0.347 e. The fraction of sp³-hybridized carbons (Fsp3) is 0.550. The third kappa shape index (κ3) is 4.98. The highest BCUT2D eigenvalue weighted by atomic mass is 16.6. The maximum atomic E-state index is 12.6. The Morgan fingerprint density at radius 3 is 2.54 bits per heavy atom. The molecule has 6 heteroatoms. The zero-order valence-electron chi connectivity index (χ0n) is 15.6. The number of carbonyl (C=O) groups excluding carboxylic acids is 2. The molecular formula is C20H26N2O4. The first kappa shape index (κ1) is 19.8. The summed E-state index contributed by atoms with van der Waals surface area (Å²) in [6.45, 7) is 5.97. The number of rotatable bonds is 6. The van der Waals surface area contributed by atoms with Gasteiger partial charge < -0.3 is 14.4 Å². The predicted octanol–water partition coefficient (Wildman–Crippen LogP) is 3.05. The molecule has 1 fully saturated rings. The number of nitrogens with zero attached hydrogens (tertiary/aromatic N) is 2. The number of piperidine rings is 1. The normalized spacial score (nSPS) is 19.2. The lowest BCUT2D eigenvalue weighted by molar-refractivity contribution is -0.165. The lowest BCUT2D eigenvalue weighted by Gasteiger charge is -2.36. The van der Waals surface area contributed by atoms with Crippen molar-refractivity contribution in [3.8, 4) is 11.8 Å². The Balaban J connectivity index is 1.90. The molecule has 0 aromatic heterocycles. The number of hydrogen-bond acceptors (Lipinski definition) is 5. The highest BCUT2D eigenvalue weighted by Crippen LogP contribution is 2.21. The Bertz CT molecular complexity index is 665. The van der Waals surface area contributed by atoms with Crippen LogP contribution in [-0.4, -0.2) is 41.6 Å². The van der Waals surface area contributed by atoms with Crippen molar-refractivity contribution in [2.24, 2.45) is 0 Å². The SMILES string of the molecule is CCC1CCCCN1C(=O)C(C)OC(=O)C(C)Oc1ccc(C#N)cc1. The minimum Gasteiger partial charge on any atom is -0.479 e. The van der Waals surface area contributed by atoms with Crippen LogP contribution in [0.25, 0.3) is 0 Å². The Morgan fingerprint density at radius 1 is 1.23 bits per heavy atom. The van der Waals surface area contributed by atoms with E-state index in [9.17, 15) is 9.59 Å². The summed E-state index contributed by atoms with van der Waals surface area (Å²) in [5.74, 6) is -0.259. The van der Waals surface area contributed by atoms with Gasteiger partial charge in [-0.1, -0.05) is 6.92 Å². The molecule has 0 aliphatic carbocycles. The van der Waals surface area contributed by atoms with E-state index in [2.05, 4.69) is 6.92 Å². The second-order valence-electron chi connectivity index (χ2n) is 6.56. The van der Waals surface area contributed by atoms with Crippen LogP contribution >= 0.6 is 0 Å². The minimum absolute atomic E-state index is 0.143. The molecule has 0 N–H and O–H groups in total. The van der Waals surface area contributed by atoms with E-state index in [1.807, 2.05) is 11.0 Å². The van der Waals surface area contributed by atoms with Gasteiger partial charge in [-0.15, -0.1) is 0 Å². The van der Waals surface area contributed by atoms with Gasteiger partial charge in [-0.25, -0.2) is 4.79 Å². The molecule has 0 bridgehead atoms. The van der Waals surface area contributed by atoms with Gasteiger partial charge in [-0.2, -0.15) is 5.26 Å². The number of amides is 1. The van der Waals surface area contributed by atoms with E-state index in [1.54, 1.807) is 38.1 Å². The fourth-order valence-electron chi connectivity index (χ4n) is 3.13. The molecule has 1 amide bonds. The molecule has 1 aromatic carbocycles. The molecule has 1 aromatic rings. The molecule has 140 valence electrons. The van der Waals surface area contributed by atoms with E-state index < -0.39 is 18.2 Å². The van der Waals surface area contributed by atoms with Crippen LogP contribution in [0, 0.1) is 11.3 Å². The van der Waals surface area contributed by atoms with Crippen LogP contribution in [0.3, 0.4) is 0 Å². The van der Waals surface area contributed by atoms with Crippen LogP contribution in [-0.2, 0) is 14.3 Å². The molecule has 0 spiro atoms. The molecule has 3 unspecified atom stereocenters. The van der Waals surface area contributed by atoms with E-state index in [0.717, 1.165) is 32.2 Å². The first-order chi connectivity index (χ1) is 12.5. The van der Waals surface area contributed by atoms with Crippen molar-refractivity contribution in [1.82, 2.24) is 4.90 Å². The predicted molar refractivity (Wildman–Crippen MR) is 96.4 cm³/mol. The Morgan fingerprint density at radius 2 is 1.92 bits per heavy atom. The lowest BCUT2D eigenvalue weighted by atomic mass is 9.99. The van der Waals surface area contributed by atoms with Gasteiger partial charge in [0.25, 0.3) is 5.91 Å². The molecule has 1 heterocycles. The molecule has 2 rings (SSSR count). The molecule has 0 saturated carbocycles. The van der Waals surface area contributed by atoms with E-state index in [1.165, 1.54) is 0 Å². The highest BCUT2D eigenvalue weighted by Gasteiger charge is 2.31. The summed E-state index contributed by atoms with van der Waals surface area (Å²) in [6, 6.07) is 8.71. The summed E-state index contributed by atoms with van der Waals surface area (Å²) in [5.41, 5.74) is 0.513. The van der Waals surface area contributed by atoms with Gasteiger partial charge >= 0.3 is 5.97 Å². The van der Waals surface area contributed by atoms with E-state index >= 15 is 0 Å². The summed E-state index contributed by atoms with van der Waals surface area (Å²) in [4.78, 5) is 26.7. The van der Waals surface area contributed by atoms with Gasteiger partial charge in [0.05, 0.1) is 11.6 Å². The first-order valence-corrected chi connectivity index (χ1v) is 9.14. The molecule has 1 saturated heterocycles. The molecule has 1 aliphatic rings. The van der Waals surface area contributed by atoms with Crippen LogP contribution in [0.5, 0.6) is 5.75 Å². The summed E-state index contributed by atoms with van der Waals surface area (Å²) in [6.07, 6.45) is 2.35. The maximum Gasteiger partial charge on any atom is 0.347 e. The Labute approximate surface area is 154 Å². The van der Waals surface area contributed by atoms with Gasteiger partial charge in [0.2, 0.25) is 0 Å². The van der Waals surface area contributed by atoms with Gasteiger partial charge in [0.15, 0.2) is 12.2 Å². The number of nitriles is 1. The summed E-state index contributed by atoms with van der Waals surface area (Å²) >= 11 is 0. The molecule has 26 heavy (non-hydrogen) atoms. The standard InChI is InChI=1S/C20H26N2O4/c1-4-17-7-5-6-12-22(17)19(23)14(2)26-20(24)15(3)25-18-10-8-16(13-21)9-11-18/h8-11,14-15,17H,4-7,12H2,1-3H3. The summed E-state index contributed by atoms with van der Waals surface area (Å²) < 4.78 is 10.9. The third-order valence-corrected chi connectivity index (χ3v) is 4.65. The zero-order chi connectivity index (χ0) is 19.1. The van der Waals surface area contributed by atoms with Gasteiger partial charge in [0, 0.05) is 12.6 Å². The lowest BCUT2D eigenvalue weighted by Crippen LogP contribution is -2.48. The molecule has 0 radical (unpaired) electrons. The van der Waals surface area contributed by atoms with Crippen molar-refractivity contribution in [2.75, 3.05) is 6.54 Å². The summed E-state index contributed by atoms with van der Waals surface area (Å²) in [5, 5.41) is 8.79. The van der Waals surface area contributed by atoms with Crippen molar-refractivity contribution in [3.05, 3.63) is 29.8 Å². The molecular weight excluding hydrogens is 332 g/mol. The van der Waals surface area contributed by atoms with E-state index in [-0.39, 0.29) is 11.9 Å². The van der Waals surface area contributed by atoms with Crippen molar-refractivity contribution in [2.45, 2.75) is 64.7 Å². The summed E-state index contributed by atoms with van der Waals surface area (Å²) in [7, 11) is 0. The quantitative estimate of drug-likeness (QED) is 0.730. The van der Waals surface area contributed by atoms with Crippen LogP contribution in [0.4, 0.5) is 0 Å². The monoisotopic (exact) mass is 358 g/mol.